The van der Waals surface area contributed by atoms with Gasteiger partial charge in [0.25, 0.3) is 0 Å². The van der Waals surface area contributed by atoms with E-state index < -0.39 is 0 Å². The molecule has 1 aliphatic heterocycles. The van der Waals surface area contributed by atoms with E-state index in [9.17, 15) is 0 Å². The van der Waals surface area contributed by atoms with E-state index in [0.29, 0.717) is 0 Å². The minimum absolute atomic E-state index is 0.882. The molecular formula is C3H8N3+. The smallest absolute Gasteiger partial charge is 0.231 e. The summed E-state index contributed by atoms with van der Waals surface area (Å²) in [6, 6.07) is 0. The van der Waals surface area contributed by atoms with Crippen LogP contribution in [0.5, 0.6) is 0 Å². The summed E-state index contributed by atoms with van der Waals surface area (Å²) in [5.74, 6) is 0. The summed E-state index contributed by atoms with van der Waals surface area (Å²) in [5.41, 5.74) is 0. The van der Waals surface area contributed by atoms with E-state index in [2.05, 4.69) is 15.6 Å². The van der Waals surface area contributed by atoms with Gasteiger partial charge in [0.15, 0.2) is 0 Å². The van der Waals surface area contributed by atoms with E-state index in [0.717, 1.165) is 13.3 Å². The van der Waals surface area contributed by atoms with Crippen molar-refractivity contribution in [3.63, 3.8) is 0 Å². The zero-order valence-corrected chi connectivity index (χ0v) is 3.49. The van der Waals surface area contributed by atoms with Gasteiger partial charge in [-0.15, -0.1) is 0 Å². The first-order valence-corrected chi connectivity index (χ1v) is 1.99. The molecule has 3 N–H and O–H groups in total. The van der Waals surface area contributed by atoms with Gasteiger partial charge in [0.1, 0.15) is 13.3 Å². The molecule has 0 saturated carbocycles. The van der Waals surface area contributed by atoms with Crippen LogP contribution in [0.3, 0.4) is 0 Å². The van der Waals surface area contributed by atoms with Crippen LogP contribution in [0.2, 0.25) is 0 Å². The lowest BCUT2D eigenvalue weighted by Gasteiger charge is -1.98. The predicted octanol–water partition coefficient (Wildman–Crippen LogP) is -2.80. The Balaban J connectivity index is 2.26. The monoisotopic (exact) mass is 86.1 g/mol. The van der Waals surface area contributed by atoms with Gasteiger partial charge in [0.05, 0.1) is 0 Å². The van der Waals surface area contributed by atoms with E-state index in [-0.39, 0.29) is 0 Å². The van der Waals surface area contributed by atoms with E-state index in [4.69, 9.17) is 0 Å². The van der Waals surface area contributed by atoms with Crippen molar-refractivity contribution in [2.75, 3.05) is 13.3 Å². The van der Waals surface area contributed by atoms with Crippen LogP contribution in [0.4, 0.5) is 0 Å². The van der Waals surface area contributed by atoms with E-state index in [1.807, 2.05) is 6.34 Å². The topological polar surface area (TPSA) is 38.0 Å². The van der Waals surface area contributed by atoms with E-state index >= 15 is 0 Å². The van der Waals surface area contributed by atoms with Crippen molar-refractivity contribution in [3.05, 3.63) is 0 Å². The molecule has 0 spiro atoms. The maximum atomic E-state index is 3.03. The van der Waals surface area contributed by atoms with E-state index in [1.54, 1.807) is 0 Å². The zero-order chi connectivity index (χ0) is 4.24. The maximum Gasteiger partial charge on any atom is 0.231 e. The van der Waals surface area contributed by atoms with Gasteiger partial charge in [-0.1, -0.05) is 0 Å². The first kappa shape index (κ1) is 3.61. The zero-order valence-electron chi connectivity index (χ0n) is 3.49. The summed E-state index contributed by atoms with van der Waals surface area (Å²) < 4.78 is 0. The second-order valence-corrected chi connectivity index (χ2v) is 1.16. The van der Waals surface area contributed by atoms with Gasteiger partial charge in [0, 0.05) is 0 Å². The third-order valence-electron chi connectivity index (χ3n) is 0.658. The quantitative estimate of drug-likeness (QED) is 0.298. The van der Waals surface area contributed by atoms with Crippen LogP contribution >= 0.6 is 0 Å². The molecule has 34 valence electrons. The van der Waals surface area contributed by atoms with Crippen LogP contribution in [0, 0.1) is 0 Å². The number of hydrogen-bond donors (Lipinski definition) is 3. The Labute approximate surface area is 36.5 Å². The van der Waals surface area contributed by atoms with Gasteiger partial charge in [-0.05, 0) is 0 Å². The highest BCUT2D eigenvalue weighted by Gasteiger charge is 1.88. The van der Waals surface area contributed by atoms with Crippen LogP contribution in [0.1, 0.15) is 0 Å². The summed E-state index contributed by atoms with van der Waals surface area (Å²) >= 11 is 0. The molecule has 0 atom stereocenters. The van der Waals surface area contributed by atoms with Crippen LogP contribution in [-0.2, 0) is 0 Å². The number of nitrogens with one attached hydrogen (secondary N) is 3. The van der Waals surface area contributed by atoms with Gasteiger partial charge in [0.2, 0.25) is 6.34 Å². The molecule has 1 aliphatic rings. The van der Waals surface area contributed by atoms with Crippen molar-refractivity contribution >= 4 is 6.34 Å². The molecule has 0 saturated heterocycles. The Hall–Kier alpha value is -0.570. The number of rotatable bonds is 0. The minimum Gasteiger partial charge on any atom is -0.268 e. The van der Waals surface area contributed by atoms with Gasteiger partial charge in [-0.2, -0.15) is 0 Å². The average molecular weight is 86.1 g/mol. The van der Waals surface area contributed by atoms with Crippen molar-refractivity contribution in [3.8, 4) is 0 Å². The van der Waals surface area contributed by atoms with Crippen LogP contribution in [-0.4, -0.2) is 19.7 Å². The number of hydrogen-bond acceptors (Lipinski definition) is 2. The molecule has 3 heteroatoms. The molecule has 1 rings (SSSR count). The molecule has 0 radical (unpaired) electrons. The van der Waals surface area contributed by atoms with Crippen LogP contribution in [0.25, 0.3) is 0 Å². The summed E-state index contributed by atoms with van der Waals surface area (Å²) in [5, 5.41) is 5.97. The molecule has 1 heterocycles. The molecular weight excluding hydrogens is 78.1 g/mol. The Morgan fingerprint density at radius 2 is 2.67 bits per heavy atom. The lowest BCUT2D eigenvalue weighted by Crippen LogP contribution is -2.79. The third-order valence-corrected chi connectivity index (χ3v) is 0.658. The highest BCUT2D eigenvalue weighted by atomic mass is 15.2. The SMILES string of the molecule is C1=[NH+]CNCN1. The third kappa shape index (κ3) is 0.687. The molecule has 0 aliphatic carbocycles. The lowest BCUT2D eigenvalue weighted by atomic mass is 10.8. The fraction of sp³-hybridized carbons (Fsp3) is 0.667. The molecule has 0 unspecified atom stereocenters. The summed E-state index contributed by atoms with van der Waals surface area (Å²) in [4.78, 5) is 2.94. The first-order chi connectivity index (χ1) is 3.00. The molecule has 0 fully saturated rings. The highest BCUT2D eigenvalue weighted by molar-refractivity contribution is 5.46. The van der Waals surface area contributed by atoms with Gasteiger partial charge in [-0.3, -0.25) is 10.3 Å². The van der Waals surface area contributed by atoms with Crippen molar-refractivity contribution in [1.29, 1.82) is 0 Å². The van der Waals surface area contributed by atoms with Crippen molar-refractivity contribution < 1.29 is 4.99 Å². The minimum atomic E-state index is 0.882. The Kier molecular flexibility index (Phi) is 1.06. The summed E-state index contributed by atoms with van der Waals surface area (Å²) in [7, 11) is 0. The molecule has 0 aromatic carbocycles. The van der Waals surface area contributed by atoms with Crippen molar-refractivity contribution in [2.24, 2.45) is 0 Å². The Morgan fingerprint density at radius 3 is 2.83 bits per heavy atom. The molecule has 6 heavy (non-hydrogen) atoms. The largest absolute Gasteiger partial charge is 0.268 e. The fourth-order valence-electron chi connectivity index (χ4n) is 0.381. The molecule has 0 bridgehead atoms. The molecule has 0 amide bonds. The van der Waals surface area contributed by atoms with Crippen molar-refractivity contribution in [1.82, 2.24) is 10.6 Å². The van der Waals surface area contributed by atoms with Gasteiger partial charge >= 0.3 is 0 Å². The molecule has 0 aromatic rings. The normalized spacial score (nSPS) is 20.0. The Bertz CT molecular complexity index is 51.1. The summed E-state index contributed by atoms with van der Waals surface area (Å²) in [6.45, 7) is 1.76. The average Bonchev–Trinajstić information content (AvgIpc) is 1.72. The fourth-order valence-corrected chi connectivity index (χ4v) is 0.381. The Morgan fingerprint density at radius 1 is 1.67 bits per heavy atom. The summed E-state index contributed by atoms with van der Waals surface area (Å²) in [6.07, 6.45) is 1.83. The second kappa shape index (κ2) is 1.77. The standard InChI is InChI=1S/C3H7N3/c1-4-2-6-3-5-1/h1,6H,2-3H2,(H,4,5)/p+1. The van der Waals surface area contributed by atoms with Crippen LogP contribution < -0.4 is 15.6 Å². The van der Waals surface area contributed by atoms with Crippen molar-refractivity contribution in [2.45, 2.75) is 0 Å². The molecule has 0 aromatic heterocycles. The van der Waals surface area contributed by atoms with E-state index in [1.165, 1.54) is 0 Å². The maximum absolute atomic E-state index is 3.03. The van der Waals surface area contributed by atoms with Gasteiger partial charge in [-0.25, -0.2) is 5.32 Å². The van der Waals surface area contributed by atoms with Crippen LogP contribution in [0.15, 0.2) is 0 Å². The molecule has 3 nitrogen and oxygen atoms in total. The van der Waals surface area contributed by atoms with Gasteiger partial charge < -0.3 is 0 Å². The second-order valence-electron chi connectivity index (χ2n) is 1.16. The highest BCUT2D eigenvalue weighted by Crippen LogP contribution is 1.39. The first-order valence-electron chi connectivity index (χ1n) is 1.99. The lowest BCUT2D eigenvalue weighted by molar-refractivity contribution is -0.465. The predicted molar refractivity (Wildman–Crippen MR) is 23.0 cm³/mol.